The normalized spacial score (nSPS) is 15.5. The molecule has 0 radical (unpaired) electrons. The average Bonchev–Trinajstić information content (AvgIpc) is 2.30. The standard InChI is InChI=1S/C15H18/c1-12(2)13-8-10-15(11-9-13)14-6-4-3-5-7-14/h4,6-12H,3,5H2,1-2H3. The van der Waals surface area contributed by atoms with Gasteiger partial charge in [0.2, 0.25) is 0 Å². The summed E-state index contributed by atoms with van der Waals surface area (Å²) in [4.78, 5) is 0. The molecule has 0 heterocycles. The maximum Gasteiger partial charge on any atom is -0.0187 e. The third-order valence-corrected chi connectivity index (χ3v) is 2.91. The van der Waals surface area contributed by atoms with Gasteiger partial charge in [0.1, 0.15) is 0 Å². The van der Waals surface area contributed by atoms with Gasteiger partial charge < -0.3 is 0 Å². The fraction of sp³-hybridized carbons (Fsp3) is 0.333. The van der Waals surface area contributed by atoms with Crippen molar-refractivity contribution >= 4 is 5.57 Å². The molecular formula is C15H18. The summed E-state index contributed by atoms with van der Waals surface area (Å²) in [5.74, 6) is 0.620. The maximum absolute atomic E-state index is 2.32. The fourth-order valence-corrected chi connectivity index (χ4v) is 1.89. The molecule has 78 valence electrons. The molecule has 0 amide bonds. The molecule has 0 N–H and O–H groups in total. The van der Waals surface area contributed by atoms with Crippen LogP contribution in [0.4, 0.5) is 0 Å². The smallest absolute Gasteiger partial charge is 0.0187 e. The van der Waals surface area contributed by atoms with Crippen LogP contribution in [0, 0.1) is 0 Å². The fourth-order valence-electron chi connectivity index (χ4n) is 1.89. The van der Waals surface area contributed by atoms with Crippen molar-refractivity contribution in [1.82, 2.24) is 0 Å². The molecule has 0 unspecified atom stereocenters. The Kier molecular flexibility index (Phi) is 3.05. The molecule has 0 aliphatic heterocycles. The van der Waals surface area contributed by atoms with E-state index in [1.807, 2.05) is 0 Å². The quantitative estimate of drug-likeness (QED) is 0.654. The first-order valence-corrected chi connectivity index (χ1v) is 5.74. The van der Waals surface area contributed by atoms with Gasteiger partial charge in [0.05, 0.1) is 0 Å². The topological polar surface area (TPSA) is 0 Å². The van der Waals surface area contributed by atoms with Crippen LogP contribution in [-0.4, -0.2) is 0 Å². The predicted molar refractivity (Wildman–Crippen MR) is 66.9 cm³/mol. The predicted octanol–water partition coefficient (Wildman–Crippen LogP) is 4.54. The number of hydrogen-bond acceptors (Lipinski definition) is 0. The summed E-state index contributed by atoms with van der Waals surface area (Å²) in [5, 5.41) is 0. The Morgan fingerprint density at radius 1 is 1.00 bits per heavy atom. The molecule has 0 spiro atoms. The molecule has 0 heteroatoms. The van der Waals surface area contributed by atoms with Crippen LogP contribution < -0.4 is 0 Å². The van der Waals surface area contributed by atoms with E-state index in [1.165, 1.54) is 29.5 Å². The Morgan fingerprint density at radius 2 is 1.73 bits per heavy atom. The van der Waals surface area contributed by atoms with Crippen molar-refractivity contribution in [2.24, 2.45) is 0 Å². The van der Waals surface area contributed by atoms with Gasteiger partial charge in [-0.3, -0.25) is 0 Å². The second-order valence-corrected chi connectivity index (χ2v) is 4.42. The molecule has 0 saturated carbocycles. The summed E-state index contributed by atoms with van der Waals surface area (Å²) in [6.07, 6.45) is 9.18. The monoisotopic (exact) mass is 198 g/mol. The summed E-state index contributed by atoms with van der Waals surface area (Å²) < 4.78 is 0. The largest absolute Gasteiger partial charge is 0.0836 e. The SMILES string of the molecule is CC(C)c1ccc(C2=CCCC=C2)cc1. The van der Waals surface area contributed by atoms with Gasteiger partial charge in [-0.1, -0.05) is 56.3 Å². The second kappa shape index (κ2) is 4.48. The molecule has 15 heavy (non-hydrogen) atoms. The molecule has 1 aromatic carbocycles. The Bertz CT molecular complexity index is 377. The van der Waals surface area contributed by atoms with E-state index in [0.717, 1.165) is 0 Å². The van der Waals surface area contributed by atoms with E-state index in [1.54, 1.807) is 0 Å². The highest BCUT2D eigenvalue weighted by Crippen LogP contribution is 2.23. The third kappa shape index (κ3) is 2.38. The summed E-state index contributed by atoms with van der Waals surface area (Å²) >= 11 is 0. The highest BCUT2D eigenvalue weighted by atomic mass is 14.1. The molecule has 0 nitrogen and oxygen atoms in total. The van der Waals surface area contributed by atoms with Crippen LogP contribution in [0.5, 0.6) is 0 Å². The van der Waals surface area contributed by atoms with Crippen molar-refractivity contribution in [3.05, 3.63) is 53.6 Å². The molecule has 2 rings (SSSR count). The first kappa shape index (κ1) is 10.2. The van der Waals surface area contributed by atoms with E-state index in [-0.39, 0.29) is 0 Å². The maximum atomic E-state index is 2.32. The summed E-state index contributed by atoms with van der Waals surface area (Å²) in [5.41, 5.74) is 4.13. The van der Waals surface area contributed by atoms with Crippen molar-refractivity contribution in [2.45, 2.75) is 32.6 Å². The van der Waals surface area contributed by atoms with Gasteiger partial charge in [0.15, 0.2) is 0 Å². The van der Waals surface area contributed by atoms with Gasteiger partial charge in [0.25, 0.3) is 0 Å². The first-order valence-electron chi connectivity index (χ1n) is 5.74. The van der Waals surface area contributed by atoms with Crippen LogP contribution >= 0.6 is 0 Å². The number of benzene rings is 1. The van der Waals surface area contributed by atoms with E-state index in [4.69, 9.17) is 0 Å². The van der Waals surface area contributed by atoms with Crippen LogP contribution in [-0.2, 0) is 0 Å². The molecule has 1 aromatic rings. The van der Waals surface area contributed by atoms with E-state index in [2.05, 4.69) is 56.3 Å². The Morgan fingerprint density at radius 3 is 2.27 bits per heavy atom. The van der Waals surface area contributed by atoms with Crippen LogP contribution in [0.25, 0.3) is 5.57 Å². The van der Waals surface area contributed by atoms with E-state index in [0.29, 0.717) is 5.92 Å². The van der Waals surface area contributed by atoms with Gasteiger partial charge >= 0.3 is 0 Å². The van der Waals surface area contributed by atoms with Gasteiger partial charge in [-0.15, -0.1) is 0 Å². The van der Waals surface area contributed by atoms with Gasteiger partial charge in [-0.25, -0.2) is 0 Å². The average molecular weight is 198 g/mol. The lowest BCUT2D eigenvalue weighted by atomic mass is 9.96. The van der Waals surface area contributed by atoms with Crippen LogP contribution in [0.2, 0.25) is 0 Å². The van der Waals surface area contributed by atoms with Gasteiger partial charge in [0, 0.05) is 0 Å². The molecule has 0 atom stereocenters. The number of allylic oxidation sites excluding steroid dienone is 4. The first-order chi connectivity index (χ1) is 7.27. The summed E-state index contributed by atoms with van der Waals surface area (Å²) in [6.45, 7) is 4.46. The molecule has 0 fully saturated rings. The molecule has 0 bridgehead atoms. The van der Waals surface area contributed by atoms with Crippen molar-refractivity contribution < 1.29 is 0 Å². The van der Waals surface area contributed by atoms with E-state index >= 15 is 0 Å². The van der Waals surface area contributed by atoms with Gasteiger partial charge in [-0.05, 0) is 35.5 Å². The number of hydrogen-bond donors (Lipinski definition) is 0. The molecule has 0 aromatic heterocycles. The summed E-state index contributed by atoms with van der Waals surface area (Å²) in [6, 6.07) is 8.94. The van der Waals surface area contributed by atoms with Crippen LogP contribution in [0.3, 0.4) is 0 Å². The van der Waals surface area contributed by atoms with Crippen LogP contribution in [0.1, 0.15) is 43.7 Å². The molecule has 0 saturated heterocycles. The Hall–Kier alpha value is -1.30. The third-order valence-electron chi connectivity index (χ3n) is 2.91. The highest BCUT2D eigenvalue weighted by molar-refractivity contribution is 5.74. The lowest BCUT2D eigenvalue weighted by molar-refractivity contribution is 0.866. The van der Waals surface area contributed by atoms with Crippen molar-refractivity contribution in [2.75, 3.05) is 0 Å². The zero-order valence-corrected chi connectivity index (χ0v) is 9.53. The Balaban J connectivity index is 2.23. The zero-order chi connectivity index (χ0) is 10.7. The van der Waals surface area contributed by atoms with Gasteiger partial charge in [-0.2, -0.15) is 0 Å². The van der Waals surface area contributed by atoms with Crippen molar-refractivity contribution in [3.63, 3.8) is 0 Å². The minimum Gasteiger partial charge on any atom is -0.0836 e. The molecule has 1 aliphatic carbocycles. The summed E-state index contributed by atoms with van der Waals surface area (Å²) in [7, 11) is 0. The molecular weight excluding hydrogens is 180 g/mol. The minimum absolute atomic E-state index is 0.620. The Labute approximate surface area is 92.3 Å². The number of rotatable bonds is 2. The van der Waals surface area contributed by atoms with E-state index in [9.17, 15) is 0 Å². The minimum atomic E-state index is 0.620. The van der Waals surface area contributed by atoms with E-state index < -0.39 is 0 Å². The second-order valence-electron chi connectivity index (χ2n) is 4.42. The highest BCUT2D eigenvalue weighted by Gasteiger charge is 2.02. The van der Waals surface area contributed by atoms with Crippen molar-refractivity contribution in [3.8, 4) is 0 Å². The molecule has 1 aliphatic rings. The van der Waals surface area contributed by atoms with Crippen molar-refractivity contribution in [1.29, 1.82) is 0 Å². The lowest BCUT2D eigenvalue weighted by Crippen LogP contribution is -1.89. The van der Waals surface area contributed by atoms with Crippen LogP contribution in [0.15, 0.2) is 42.5 Å². The lowest BCUT2D eigenvalue weighted by Gasteiger charge is -2.09. The zero-order valence-electron chi connectivity index (χ0n) is 9.53.